The third kappa shape index (κ3) is 4.89. The van der Waals surface area contributed by atoms with Gasteiger partial charge in [0, 0.05) is 21.9 Å². The van der Waals surface area contributed by atoms with E-state index in [0.717, 1.165) is 17.3 Å². The van der Waals surface area contributed by atoms with Crippen LogP contribution >= 0.6 is 15.9 Å². The molecule has 0 spiro atoms. The molecule has 1 aliphatic carbocycles. The molecular formula is C19H23BrN4O4. The highest BCUT2D eigenvalue weighted by atomic mass is 79.9. The highest BCUT2D eigenvalue weighted by molar-refractivity contribution is 9.10. The van der Waals surface area contributed by atoms with Gasteiger partial charge in [0.05, 0.1) is 10.4 Å². The Bertz CT molecular complexity index is 913. The topological polar surface area (TPSA) is 106 Å². The Labute approximate surface area is 171 Å². The molecule has 28 heavy (non-hydrogen) atoms. The third-order valence-corrected chi connectivity index (χ3v) is 5.00. The van der Waals surface area contributed by atoms with Gasteiger partial charge in [0.2, 0.25) is 0 Å². The third-order valence-electron chi connectivity index (χ3n) is 4.51. The lowest BCUT2D eigenvalue weighted by atomic mass is 10.1. The summed E-state index contributed by atoms with van der Waals surface area (Å²) in [5.41, 5.74) is 0.524. The van der Waals surface area contributed by atoms with Crippen LogP contribution < -0.4 is 10.6 Å². The number of alkyl carbamates (subject to hydrolysis) is 1. The van der Waals surface area contributed by atoms with Crippen LogP contribution in [0.25, 0.3) is 10.9 Å². The molecular weight excluding hydrogens is 428 g/mol. The number of benzene rings is 1. The van der Waals surface area contributed by atoms with Crippen LogP contribution in [0.4, 0.5) is 16.2 Å². The summed E-state index contributed by atoms with van der Waals surface area (Å²) in [4.78, 5) is 27.2. The minimum Gasteiger partial charge on any atom is -0.444 e. The van der Waals surface area contributed by atoms with Crippen molar-refractivity contribution in [3.8, 4) is 0 Å². The summed E-state index contributed by atoms with van der Waals surface area (Å²) in [5, 5.41) is 18.4. The molecule has 0 aliphatic heterocycles. The molecule has 2 aromatic rings. The van der Waals surface area contributed by atoms with E-state index in [9.17, 15) is 14.9 Å². The van der Waals surface area contributed by atoms with Crippen molar-refractivity contribution in [3.63, 3.8) is 0 Å². The van der Waals surface area contributed by atoms with E-state index in [1.807, 2.05) is 39.0 Å². The molecule has 1 aliphatic rings. The van der Waals surface area contributed by atoms with Crippen molar-refractivity contribution in [2.75, 3.05) is 5.32 Å². The molecule has 150 valence electrons. The molecule has 0 saturated heterocycles. The SMILES string of the molecule is CC(C)(C)OC(=O)N[C@H]1CC[C@@H](Nc2c([N+](=O)[O-])cnc3ccc(Br)cc23)C1. The van der Waals surface area contributed by atoms with Gasteiger partial charge in [-0.3, -0.25) is 10.1 Å². The Morgan fingerprint density at radius 1 is 1.32 bits per heavy atom. The number of hydrogen-bond donors (Lipinski definition) is 2. The predicted molar refractivity (Wildman–Crippen MR) is 111 cm³/mol. The van der Waals surface area contributed by atoms with E-state index in [0.29, 0.717) is 23.0 Å². The molecule has 0 radical (unpaired) electrons. The molecule has 1 heterocycles. The van der Waals surface area contributed by atoms with Crippen molar-refractivity contribution in [3.05, 3.63) is 39.0 Å². The van der Waals surface area contributed by atoms with Crippen LogP contribution in [0.3, 0.4) is 0 Å². The number of hydrogen-bond acceptors (Lipinski definition) is 6. The molecule has 0 unspecified atom stereocenters. The van der Waals surface area contributed by atoms with Gasteiger partial charge in [0.25, 0.3) is 0 Å². The Kier molecular flexibility index (Phi) is 5.74. The maximum Gasteiger partial charge on any atom is 0.407 e. The van der Waals surface area contributed by atoms with Crippen LogP contribution in [0.15, 0.2) is 28.9 Å². The normalized spacial score (nSPS) is 19.4. The molecule has 9 heteroatoms. The summed E-state index contributed by atoms with van der Waals surface area (Å²) in [6.45, 7) is 5.45. The quantitative estimate of drug-likeness (QED) is 0.513. The monoisotopic (exact) mass is 450 g/mol. The number of aromatic nitrogens is 1. The van der Waals surface area contributed by atoms with Gasteiger partial charge in [-0.25, -0.2) is 9.78 Å². The molecule has 1 amide bonds. The minimum absolute atomic E-state index is 0.00298. The molecule has 8 nitrogen and oxygen atoms in total. The highest BCUT2D eigenvalue weighted by Crippen LogP contribution is 2.35. The van der Waals surface area contributed by atoms with Crippen molar-refractivity contribution in [1.29, 1.82) is 0 Å². The lowest BCUT2D eigenvalue weighted by molar-refractivity contribution is -0.384. The van der Waals surface area contributed by atoms with Crippen LogP contribution in [-0.2, 0) is 4.74 Å². The summed E-state index contributed by atoms with van der Waals surface area (Å²) < 4.78 is 6.12. The number of halogens is 1. The van der Waals surface area contributed by atoms with Crippen LogP contribution in [0.5, 0.6) is 0 Å². The van der Waals surface area contributed by atoms with E-state index in [4.69, 9.17) is 4.74 Å². The summed E-state index contributed by atoms with van der Waals surface area (Å²) in [7, 11) is 0. The average Bonchev–Trinajstić information content (AvgIpc) is 3.00. The van der Waals surface area contributed by atoms with Gasteiger partial charge in [0.15, 0.2) is 0 Å². The molecule has 2 atom stereocenters. The number of pyridine rings is 1. The lowest BCUT2D eigenvalue weighted by Gasteiger charge is -2.22. The van der Waals surface area contributed by atoms with Crippen molar-refractivity contribution in [2.24, 2.45) is 0 Å². The zero-order valence-corrected chi connectivity index (χ0v) is 17.6. The number of carbonyl (C=O) groups is 1. The summed E-state index contributed by atoms with van der Waals surface area (Å²) in [6, 6.07) is 5.45. The zero-order valence-electron chi connectivity index (χ0n) is 16.0. The van der Waals surface area contributed by atoms with Gasteiger partial charge in [-0.05, 0) is 58.2 Å². The van der Waals surface area contributed by atoms with E-state index in [1.54, 1.807) is 0 Å². The van der Waals surface area contributed by atoms with Gasteiger partial charge in [0.1, 0.15) is 17.5 Å². The number of rotatable bonds is 4. The van der Waals surface area contributed by atoms with E-state index >= 15 is 0 Å². The van der Waals surface area contributed by atoms with Crippen LogP contribution in [0.1, 0.15) is 40.0 Å². The lowest BCUT2D eigenvalue weighted by Crippen LogP contribution is -2.38. The molecule has 1 fully saturated rings. The van der Waals surface area contributed by atoms with Crippen LogP contribution in [-0.4, -0.2) is 33.7 Å². The standard InChI is InChI=1S/C19H23BrN4O4/c1-19(2,3)28-18(25)23-13-6-5-12(9-13)22-17-14-8-11(20)4-7-15(14)21-10-16(17)24(26)27/h4,7-8,10,12-13H,5-6,9H2,1-3H3,(H,21,22)(H,23,25)/t12-,13+/m1/s1. The number of amides is 1. The van der Waals surface area contributed by atoms with Gasteiger partial charge >= 0.3 is 11.8 Å². The maximum atomic E-state index is 12.0. The number of carbonyl (C=O) groups excluding carboxylic acids is 1. The number of nitrogens with one attached hydrogen (secondary N) is 2. The first-order valence-corrected chi connectivity index (χ1v) is 9.90. The van der Waals surface area contributed by atoms with E-state index in [1.165, 1.54) is 6.20 Å². The second-order valence-electron chi connectivity index (χ2n) is 7.93. The van der Waals surface area contributed by atoms with Gasteiger partial charge in [-0.1, -0.05) is 15.9 Å². The maximum absolute atomic E-state index is 12.0. The van der Waals surface area contributed by atoms with Crippen LogP contribution in [0, 0.1) is 10.1 Å². The summed E-state index contributed by atoms with van der Waals surface area (Å²) in [6.07, 6.45) is 3.06. The second kappa shape index (κ2) is 7.90. The van der Waals surface area contributed by atoms with E-state index in [2.05, 4.69) is 31.5 Å². The second-order valence-corrected chi connectivity index (χ2v) is 8.85. The fraction of sp³-hybridized carbons (Fsp3) is 0.474. The molecule has 1 saturated carbocycles. The van der Waals surface area contributed by atoms with Crippen molar-refractivity contribution < 1.29 is 14.5 Å². The van der Waals surface area contributed by atoms with Crippen molar-refractivity contribution in [1.82, 2.24) is 10.3 Å². The fourth-order valence-electron chi connectivity index (χ4n) is 3.37. The van der Waals surface area contributed by atoms with Crippen molar-refractivity contribution >= 4 is 44.3 Å². The summed E-state index contributed by atoms with van der Waals surface area (Å²) in [5.74, 6) is 0. The fourth-order valence-corrected chi connectivity index (χ4v) is 3.73. The van der Waals surface area contributed by atoms with Crippen molar-refractivity contribution in [2.45, 2.75) is 57.7 Å². The number of anilines is 1. The Morgan fingerprint density at radius 3 is 2.71 bits per heavy atom. The number of nitro groups is 1. The van der Waals surface area contributed by atoms with Gasteiger partial charge in [-0.15, -0.1) is 0 Å². The molecule has 0 bridgehead atoms. The Hall–Kier alpha value is -2.42. The van der Waals surface area contributed by atoms with E-state index in [-0.39, 0.29) is 17.8 Å². The first kappa shape index (κ1) is 20.3. The van der Waals surface area contributed by atoms with Gasteiger partial charge in [-0.2, -0.15) is 0 Å². The summed E-state index contributed by atoms with van der Waals surface area (Å²) >= 11 is 3.41. The minimum atomic E-state index is -0.551. The predicted octanol–water partition coefficient (Wildman–Crippen LogP) is 4.76. The number of nitrogens with zero attached hydrogens (tertiary/aromatic N) is 2. The van der Waals surface area contributed by atoms with Crippen LogP contribution in [0.2, 0.25) is 0 Å². The molecule has 1 aromatic heterocycles. The number of fused-ring (bicyclic) bond motifs is 1. The smallest absolute Gasteiger partial charge is 0.407 e. The first-order valence-electron chi connectivity index (χ1n) is 9.11. The molecule has 1 aromatic carbocycles. The van der Waals surface area contributed by atoms with E-state index < -0.39 is 16.6 Å². The molecule has 2 N–H and O–H groups in total. The van der Waals surface area contributed by atoms with Gasteiger partial charge < -0.3 is 15.4 Å². The largest absolute Gasteiger partial charge is 0.444 e. The Balaban J connectivity index is 1.76. The average molecular weight is 451 g/mol. The highest BCUT2D eigenvalue weighted by Gasteiger charge is 2.30. The first-order chi connectivity index (χ1) is 13.1. The zero-order chi connectivity index (χ0) is 20.5. The molecule has 3 rings (SSSR count). The Morgan fingerprint density at radius 2 is 2.04 bits per heavy atom. The number of ether oxygens (including phenoxy) is 1.